The summed E-state index contributed by atoms with van der Waals surface area (Å²) in [6.45, 7) is 3.43. The van der Waals surface area contributed by atoms with Gasteiger partial charge in [-0.05, 0) is 12.8 Å². The van der Waals surface area contributed by atoms with Gasteiger partial charge in [0.2, 0.25) is 0 Å². The fraction of sp³-hybridized carbons (Fsp3) is 0.857. The lowest BCUT2D eigenvalue weighted by Crippen LogP contribution is -2.47. The van der Waals surface area contributed by atoms with E-state index in [1.807, 2.05) is 0 Å². The van der Waals surface area contributed by atoms with E-state index in [0.29, 0.717) is 32.6 Å². The van der Waals surface area contributed by atoms with E-state index < -0.39 is 11.6 Å². The number of aliphatic hydroxyl groups excluding tert-OH is 1. The van der Waals surface area contributed by atoms with E-state index in [-0.39, 0.29) is 18.5 Å². The number of nitrogens with one attached hydrogen (secondary N) is 1. The molecule has 1 unspecified atom stereocenters. The van der Waals surface area contributed by atoms with Gasteiger partial charge in [0.1, 0.15) is 5.54 Å². The number of imide groups is 1. The molecule has 3 amide bonds. The maximum atomic E-state index is 12.5. The number of carbonyl (C=O) groups excluding carboxylic acids is 2. The summed E-state index contributed by atoms with van der Waals surface area (Å²) in [6.07, 6.45) is 2.66. The number of hydrogen-bond acceptors (Lipinski definition) is 5. The molecule has 0 aromatic rings. The molecule has 7 heteroatoms. The van der Waals surface area contributed by atoms with Crippen LogP contribution >= 0.6 is 0 Å². The second-order valence-electron chi connectivity index (χ2n) is 6.20. The number of urea groups is 1. The summed E-state index contributed by atoms with van der Waals surface area (Å²) in [5.74, 6) is -0.161. The van der Waals surface area contributed by atoms with E-state index in [2.05, 4.69) is 10.2 Å². The van der Waals surface area contributed by atoms with Gasteiger partial charge >= 0.3 is 6.03 Å². The van der Waals surface area contributed by atoms with E-state index in [9.17, 15) is 14.7 Å². The number of nitrogens with zero attached hydrogens (tertiary/aromatic N) is 2. The molecule has 3 aliphatic rings. The van der Waals surface area contributed by atoms with Gasteiger partial charge in [0.05, 0.1) is 25.9 Å². The number of aliphatic hydroxyl groups is 1. The van der Waals surface area contributed by atoms with Crippen molar-refractivity contribution < 1.29 is 19.4 Å². The monoisotopic (exact) mass is 297 g/mol. The fourth-order valence-corrected chi connectivity index (χ4v) is 3.51. The minimum absolute atomic E-state index is 0.0732. The molecular formula is C14H23N3O4. The van der Waals surface area contributed by atoms with Crippen molar-refractivity contribution in [2.45, 2.75) is 37.3 Å². The molecule has 1 atom stereocenters. The van der Waals surface area contributed by atoms with Gasteiger partial charge in [0.25, 0.3) is 5.91 Å². The predicted molar refractivity (Wildman–Crippen MR) is 74.7 cm³/mol. The number of β-amino-alcohol motifs (C(OH)–C–C–N with tert-alkyl or cyclic N) is 1. The molecule has 0 aromatic carbocycles. The first-order chi connectivity index (χ1) is 10.1. The van der Waals surface area contributed by atoms with Gasteiger partial charge in [-0.3, -0.25) is 14.6 Å². The molecule has 21 heavy (non-hydrogen) atoms. The number of hydrogen-bond donors (Lipinski definition) is 2. The molecule has 2 N–H and O–H groups in total. The lowest BCUT2D eigenvalue weighted by Gasteiger charge is -2.29. The Labute approximate surface area is 124 Å². The van der Waals surface area contributed by atoms with Gasteiger partial charge in [-0.1, -0.05) is 12.8 Å². The third-order valence-electron chi connectivity index (χ3n) is 4.67. The van der Waals surface area contributed by atoms with Crippen LogP contribution in [0.2, 0.25) is 0 Å². The van der Waals surface area contributed by atoms with Crippen molar-refractivity contribution in [1.82, 2.24) is 15.1 Å². The van der Waals surface area contributed by atoms with E-state index in [1.54, 1.807) is 0 Å². The highest BCUT2D eigenvalue weighted by Gasteiger charge is 2.52. The van der Waals surface area contributed by atoms with Gasteiger partial charge in [0.15, 0.2) is 0 Å². The standard InChI is InChI=1S/C14H23N3O4/c18-11(9-16-5-7-21-8-6-16)10-17-12(19)14(15-13(17)20)3-1-2-4-14/h11,18H,1-10H2,(H,15,20). The molecule has 0 radical (unpaired) electrons. The highest BCUT2D eigenvalue weighted by molar-refractivity contribution is 6.07. The maximum Gasteiger partial charge on any atom is 0.325 e. The molecule has 1 saturated carbocycles. The first-order valence-electron chi connectivity index (χ1n) is 7.73. The Morgan fingerprint density at radius 2 is 1.86 bits per heavy atom. The summed E-state index contributed by atoms with van der Waals surface area (Å²) in [5.41, 5.74) is -0.685. The molecule has 3 rings (SSSR count). The average molecular weight is 297 g/mol. The van der Waals surface area contributed by atoms with Crippen LogP contribution in [0.5, 0.6) is 0 Å². The minimum atomic E-state index is -0.714. The average Bonchev–Trinajstić information content (AvgIpc) is 3.02. The van der Waals surface area contributed by atoms with Crippen LogP contribution in [0.3, 0.4) is 0 Å². The smallest absolute Gasteiger partial charge is 0.325 e. The van der Waals surface area contributed by atoms with Crippen LogP contribution in [-0.4, -0.2) is 77.9 Å². The van der Waals surface area contributed by atoms with Crippen LogP contribution in [-0.2, 0) is 9.53 Å². The third-order valence-corrected chi connectivity index (χ3v) is 4.67. The van der Waals surface area contributed by atoms with Crippen molar-refractivity contribution in [3.8, 4) is 0 Å². The molecule has 2 saturated heterocycles. The molecule has 118 valence electrons. The second kappa shape index (κ2) is 5.90. The van der Waals surface area contributed by atoms with Gasteiger partial charge in [0, 0.05) is 19.6 Å². The van der Waals surface area contributed by atoms with Crippen molar-refractivity contribution >= 4 is 11.9 Å². The second-order valence-corrected chi connectivity index (χ2v) is 6.20. The van der Waals surface area contributed by atoms with Gasteiger partial charge in [-0.15, -0.1) is 0 Å². The van der Waals surface area contributed by atoms with Crippen molar-refractivity contribution in [2.75, 3.05) is 39.4 Å². The lowest BCUT2D eigenvalue weighted by molar-refractivity contribution is -0.132. The topological polar surface area (TPSA) is 82.1 Å². The largest absolute Gasteiger partial charge is 0.390 e. The molecule has 2 aliphatic heterocycles. The van der Waals surface area contributed by atoms with Gasteiger partial charge < -0.3 is 15.2 Å². The van der Waals surface area contributed by atoms with Crippen LogP contribution in [0, 0.1) is 0 Å². The van der Waals surface area contributed by atoms with E-state index in [1.165, 1.54) is 4.90 Å². The Bertz CT molecular complexity index is 416. The first-order valence-corrected chi connectivity index (χ1v) is 7.73. The number of ether oxygens (including phenoxy) is 1. The summed E-state index contributed by atoms with van der Waals surface area (Å²) >= 11 is 0. The number of rotatable bonds is 4. The van der Waals surface area contributed by atoms with Crippen LogP contribution < -0.4 is 5.32 Å². The predicted octanol–water partition coefficient (Wildman–Crippen LogP) is -0.456. The van der Waals surface area contributed by atoms with Crippen LogP contribution in [0.15, 0.2) is 0 Å². The molecule has 1 spiro atoms. The van der Waals surface area contributed by atoms with Crippen LogP contribution in [0.1, 0.15) is 25.7 Å². The highest BCUT2D eigenvalue weighted by Crippen LogP contribution is 2.35. The number of morpholine rings is 1. The van der Waals surface area contributed by atoms with E-state index >= 15 is 0 Å². The lowest BCUT2D eigenvalue weighted by atomic mass is 9.98. The Balaban J connectivity index is 1.56. The first kappa shape index (κ1) is 14.7. The zero-order valence-electron chi connectivity index (χ0n) is 12.2. The summed E-state index contributed by atoms with van der Waals surface area (Å²) in [5, 5.41) is 13.0. The summed E-state index contributed by atoms with van der Waals surface area (Å²) in [4.78, 5) is 27.8. The number of carbonyl (C=O) groups is 2. The van der Waals surface area contributed by atoms with E-state index in [0.717, 1.165) is 25.9 Å². The molecule has 2 heterocycles. The van der Waals surface area contributed by atoms with E-state index in [4.69, 9.17) is 4.74 Å². The molecule has 1 aliphatic carbocycles. The summed E-state index contributed by atoms with van der Waals surface area (Å²) in [6, 6.07) is -0.358. The molecule has 0 aromatic heterocycles. The maximum absolute atomic E-state index is 12.5. The SMILES string of the molecule is O=C1NC2(CCCC2)C(=O)N1CC(O)CN1CCOCC1. The van der Waals surface area contributed by atoms with Crippen LogP contribution in [0.25, 0.3) is 0 Å². The Morgan fingerprint density at radius 1 is 1.19 bits per heavy atom. The molecule has 0 bridgehead atoms. The fourth-order valence-electron chi connectivity index (χ4n) is 3.51. The highest BCUT2D eigenvalue weighted by atomic mass is 16.5. The zero-order chi connectivity index (χ0) is 14.9. The Hall–Kier alpha value is -1.18. The van der Waals surface area contributed by atoms with Crippen LogP contribution in [0.4, 0.5) is 4.79 Å². The van der Waals surface area contributed by atoms with Crippen molar-refractivity contribution in [3.05, 3.63) is 0 Å². The molecular weight excluding hydrogens is 274 g/mol. The summed E-state index contributed by atoms with van der Waals surface area (Å²) in [7, 11) is 0. The Morgan fingerprint density at radius 3 is 2.52 bits per heavy atom. The number of amides is 3. The molecule has 3 fully saturated rings. The van der Waals surface area contributed by atoms with Gasteiger partial charge in [-0.25, -0.2) is 4.79 Å². The zero-order valence-corrected chi connectivity index (χ0v) is 12.2. The quantitative estimate of drug-likeness (QED) is 0.687. The van der Waals surface area contributed by atoms with Gasteiger partial charge in [-0.2, -0.15) is 0 Å². The van der Waals surface area contributed by atoms with Crippen molar-refractivity contribution in [1.29, 1.82) is 0 Å². The normalized spacial score (nSPS) is 27.4. The minimum Gasteiger partial charge on any atom is -0.390 e. The van der Waals surface area contributed by atoms with Crippen molar-refractivity contribution in [3.63, 3.8) is 0 Å². The summed E-state index contributed by atoms with van der Waals surface area (Å²) < 4.78 is 5.26. The third kappa shape index (κ3) is 2.90. The Kier molecular flexibility index (Phi) is 4.14. The molecule has 7 nitrogen and oxygen atoms in total. The van der Waals surface area contributed by atoms with Crippen molar-refractivity contribution in [2.24, 2.45) is 0 Å².